The van der Waals surface area contributed by atoms with Crippen LogP contribution in [0.1, 0.15) is 39.2 Å². The minimum absolute atomic E-state index is 0.0999. The second-order valence-electron chi connectivity index (χ2n) is 4.92. The zero-order valence-electron chi connectivity index (χ0n) is 13.0. The van der Waals surface area contributed by atoms with Gasteiger partial charge in [-0.2, -0.15) is 8.78 Å². The van der Waals surface area contributed by atoms with Crippen LogP contribution in [-0.2, 0) is 13.0 Å². The number of carbonyl (C=O) groups is 2. The predicted molar refractivity (Wildman–Crippen MR) is 84.3 cm³/mol. The lowest BCUT2D eigenvalue weighted by atomic mass is 10.2. The number of rotatable bonds is 7. The molecule has 2 rings (SSSR count). The molecule has 0 radical (unpaired) electrons. The van der Waals surface area contributed by atoms with Gasteiger partial charge < -0.3 is 19.6 Å². The molecule has 0 saturated heterocycles. The smallest absolute Gasteiger partial charge is 0.387 e. The van der Waals surface area contributed by atoms with Crippen LogP contribution in [0.5, 0.6) is 5.75 Å². The van der Waals surface area contributed by atoms with Crippen LogP contribution >= 0.6 is 11.6 Å². The fourth-order valence-corrected chi connectivity index (χ4v) is 2.34. The van der Waals surface area contributed by atoms with Crippen LogP contribution in [-0.4, -0.2) is 23.6 Å². The Morgan fingerprint density at radius 2 is 2.08 bits per heavy atom. The first kappa shape index (κ1) is 18.7. The van der Waals surface area contributed by atoms with Crippen molar-refractivity contribution in [1.82, 2.24) is 5.32 Å². The van der Waals surface area contributed by atoms with Gasteiger partial charge in [-0.1, -0.05) is 18.5 Å². The Kier molecular flexibility index (Phi) is 5.97. The number of hydrogen-bond donors (Lipinski definition) is 2. The van der Waals surface area contributed by atoms with E-state index in [2.05, 4.69) is 10.1 Å². The summed E-state index contributed by atoms with van der Waals surface area (Å²) in [6.07, 6.45) is 0.301. The number of aromatic carboxylic acids is 1. The lowest BCUT2D eigenvalue weighted by Gasteiger charge is -2.11. The molecule has 0 bridgehead atoms. The molecule has 0 aliphatic heterocycles. The van der Waals surface area contributed by atoms with Crippen molar-refractivity contribution >= 4 is 23.5 Å². The van der Waals surface area contributed by atoms with Crippen molar-refractivity contribution in [2.75, 3.05) is 0 Å². The number of amides is 1. The Morgan fingerprint density at radius 1 is 1.36 bits per heavy atom. The largest absolute Gasteiger partial charge is 0.478 e. The number of hydrogen-bond acceptors (Lipinski definition) is 4. The maximum Gasteiger partial charge on any atom is 0.387 e. The number of ether oxygens (including phenoxy) is 1. The van der Waals surface area contributed by atoms with Crippen LogP contribution in [0.2, 0.25) is 5.02 Å². The van der Waals surface area contributed by atoms with E-state index in [1.807, 2.05) is 0 Å². The van der Waals surface area contributed by atoms with Gasteiger partial charge in [0.25, 0.3) is 5.91 Å². The maximum atomic E-state index is 12.4. The molecule has 6 nitrogen and oxygen atoms in total. The summed E-state index contributed by atoms with van der Waals surface area (Å²) < 4.78 is 34.4. The quantitative estimate of drug-likeness (QED) is 0.772. The fourth-order valence-electron chi connectivity index (χ4n) is 2.14. The number of carboxylic acids is 1. The molecule has 0 unspecified atom stereocenters. The Labute approximate surface area is 146 Å². The molecule has 2 aromatic rings. The minimum atomic E-state index is -3.02. The summed E-state index contributed by atoms with van der Waals surface area (Å²) in [4.78, 5) is 23.2. The topological polar surface area (TPSA) is 88.8 Å². The van der Waals surface area contributed by atoms with Gasteiger partial charge >= 0.3 is 12.6 Å². The van der Waals surface area contributed by atoms with Gasteiger partial charge in [0, 0.05) is 29.6 Å². The zero-order valence-corrected chi connectivity index (χ0v) is 13.8. The van der Waals surface area contributed by atoms with Crippen molar-refractivity contribution in [2.24, 2.45) is 0 Å². The third-order valence-electron chi connectivity index (χ3n) is 3.26. The number of aryl methyl sites for hydroxylation is 1. The van der Waals surface area contributed by atoms with Crippen molar-refractivity contribution < 1.29 is 32.6 Å². The number of alkyl halides is 2. The monoisotopic (exact) mass is 373 g/mol. The van der Waals surface area contributed by atoms with E-state index in [4.69, 9.17) is 21.1 Å². The van der Waals surface area contributed by atoms with Crippen LogP contribution in [0.15, 0.2) is 28.7 Å². The molecule has 9 heteroatoms. The first-order chi connectivity index (χ1) is 11.8. The molecule has 0 fully saturated rings. The average molecular weight is 374 g/mol. The van der Waals surface area contributed by atoms with Gasteiger partial charge in [0.1, 0.15) is 17.1 Å². The molecule has 25 heavy (non-hydrogen) atoms. The summed E-state index contributed by atoms with van der Waals surface area (Å²) in [5.74, 6) is -2.04. The summed E-state index contributed by atoms with van der Waals surface area (Å²) in [6.45, 7) is -1.50. The van der Waals surface area contributed by atoms with Gasteiger partial charge in [0.05, 0.1) is 0 Å². The number of carboxylic acid groups (broad SMARTS) is 1. The Balaban J connectivity index is 2.15. The van der Waals surface area contributed by atoms with Crippen molar-refractivity contribution in [1.29, 1.82) is 0 Å². The van der Waals surface area contributed by atoms with Crippen LogP contribution in [0.3, 0.4) is 0 Å². The summed E-state index contributed by atoms with van der Waals surface area (Å²) in [7, 11) is 0. The summed E-state index contributed by atoms with van der Waals surface area (Å²) in [5, 5.41) is 11.8. The van der Waals surface area contributed by atoms with Crippen molar-refractivity contribution in [3.63, 3.8) is 0 Å². The lowest BCUT2D eigenvalue weighted by Crippen LogP contribution is -2.23. The van der Waals surface area contributed by atoms with E-state index >= 15 is 0 Å². The first-order valence-corrected chi connectivity index (χ1v) is 7.57. The molecule has 2 N–H and O–H groups in total. The highest BCUT2D eigenvalue weighted by atomic mass is 35.5. The highest BCUT2D eigenvalue weighted by molar-refractivity contribution is 6.30. The van der Waals surface area contributed by atoms with E-state index in [1.165, 1.54) is 18.2 Å². The molecule has 1 aromatic heterocycles. The Morgan fingerprint density at radius 3 is 2.64 bits per heavy atom. The average Bonchev–Trinajstić information content (AvgIpc) is 2.99. The van der Waals surface area contributed by atoms with Crippen molar-refractivity contribution in [3.8, 4) is 5.75 Å². The normalized spacial score (nSPS) is 10.8. The highest BCUT2D eigenvalue weighted by Gasteiger charge is 2.20. The molecule has 0 aliphatic rings. The molecule has 0 spiro atoms. The van der Waals surface area contributed by atoms with Crippen molar-refractivity contribution in [3.05, 3.63) is 51.9 Å². The second kappa shape index (κ2) is 7.98. The molecule has 1 aromatic carbocycles. The Bertz CT molecular complexity index is 791. The summed E-state index contributed by atoms with van der Waals surface area (Å²) in [6, 6.07) is 5.14. The predicted octanol–water partition coefficient (Wildman–Crippen LogP) is 3.73. The Hall–Kier alpha value is -2.61. The molecule has 0 saturated carbocycles. The number of halogens is 3. The lowest BCUT2D eigenvalue weighted by molar-refractivity contribution is -0.0504. The molecule has 134 valence electrons. The van der Waals surface area contributed by atoms with Crippen LogP contribution in [0.25, 0.3) is 0 Å². The van der Waals surface area contributed by atoms with E-state index in [0.29, 0.717) is 6.42 Å². The minimum Gasteiger partial charge on any atom is -0.478 e. The van der Waals surface area contributed by atoms with Gasteiger partial charge in [-0.25, -0.2) is 4.79 Å². The third kappa shape index (κ3) is 4.69. The van der Waals surface area contributed by atoms with Crippen molar-refractivity contribution in [2.45, 2.75) is 26.5 Å². The van der Waals surface area contributed by atoms with E-state index < -0.39 is 18.5 Å². The van der Waals surface area contributed by atoms with Crippen LogP contribution in [0.4, 0.5) is 8.78 Å². The van der Waals surface area contributed by atoms with Crippen LogP contribution < -0.4 is 10.1 Å². The number of nitrogens with one attached hydrogen (secondary N) is 1. The maximum absolute atomic E-state index is 12.4. The van der Waals surface area contributed by atoms with Gasteiger partial charge in [0.15, 0.2) is 5.76 Å². The molecule has 1 amide bonds. The number of carbonyl (C=O) groups excluding carboxylic acids is 1. The molecule has 0 aliphatic carbocycles. The van der Waals surface area contributed by atoms with E-state index in [1.54, 1.807) is 6.92 Å². The molecule has 1 heterocycles. The highest BCUT2D eigenvalue weighted by Crippen LogP contribution is 2.25. The van der Waals surface area contributed by atoms with Gasteiger partial charge in [-0.15, -0.1) is 0 Å². The van der Waals surface area contributed by atoms with E-state index in [9.17, 15) is 18.4 Å². The third-order valence-corrected chi connectivity index (χ3v) is 3.50. The van der Waals surface area contributed by atoms with Gasteiger partial charge in [-0.05, 0) is 18.2 Å². The van der Waals surface area contributed by atoms with Gasteiger partial charge in [0.2, 0.25) is 0 Å². The van der Waals surface area contributed by atoms with E-state index in [0.717, 1.165) is 6.07 Å². The number of benzene rings is 1. The summed E-state index contributed by atoms with van der Waals surface area (Å²) >= 11 is 5.82. The van der Waals surface area contributed by atoms with E-state index in [-0.39, 0.29) is 40.0 Å². The van der Waals surface area contributed by atoms with Gasteiger partial charge in [-0.3, -0.25) is 4.79 Å². The zero-order chi connectivity index (χ0) is 18.6. The second-order valence-corrected chi connectivity index (χ2v) is 5.36. The first-order valence-electron chi connectivity index (χ1n) is 7.19. The summed E-state index contributed by atoms with van der Waals surface area (Å²) in [5.41, 5.74) is 0.138. The molecular formula is C16H14ClF2NO5. The molecular weight excluding hydrogens is 360 g/mol. The number of furan rings is 1. The fraction of sp³-hybridized carbons (Fsp3) is 0.250. The molecule has 0 atom stereocenters. The SMILES string of the molecule is CCc1oc(C(=O)NCc2cc(Cl)ccc2OC(F)F)cc1C(=O)O. The van der Waals surface area contributed by atoms with Crippen LogP contribution in [0, 0.1) is 0 Å². The standard InChI is InChI=1S/C16H14ClF2NO5/c1-2-11-10(15(22)23)6-13(24-11)14(21)20-7-8-5-9(17)3-4-12(8)25-16(18)19/h3-6,16H,2,7H2,1H3,(H,20,21)(H,22,23).